The van der Waals surface area contributed by atoms with Crippen LogP contribution in [0.4, 0.5) is 13.2 Å². The zero-order valence-corrected chi connectivity index (χ0v) is 27.8. The summed E-state index contributed by atoms with van der Waals surface area (Å²) in [7, 11) is 2.78. The molecule has 0 radical (unpaired) electrons. The quantitative estimate of drug-likeness (QED) is 0.148. The molecule has 3 atom stereocenters. The van der Waals surface area contributed by atoms with Gasteiger partial charge in [-0.2, -0.15) is 13.2 Å². The third-order valence-electron chi connectivity index (χ3n) is 8.54. The lowest BCUT2D eigenvalue weighted by Crippen LogP contribution is -2.54. The van der Waals surface area contributed by atoms with Gasteiger partial charge < -0.3 is 34.5 Å². The van der Waals surface area contributed by atoms with Crippen molar-refractivity contribution in [3.63, 3.8) is 0 Å². The van der Waals surface area contributed by atoms with E-state index in [2.05, 4.69) is 15.6 Å². The average molecular weight is 679 g/mol. The second kappa shape index (κ2) is 17.0. The van der Waals surface area contributed by atoms with Crippen LogP contribution in [0.1, 0.15) is 74.3 Å². The summed E-state index contributed by atoms with van der Waals surface area (Å²) in [6.45, 7) is 4.85. The number of rotatable bonds is 16. The van der Waals surface area contributed by atoms with Crippen LogP contribution in [0.5, 0.6) is 17.2 Å². The predicted octanol–water partition coefficient (Wildman–Crippen LogP) is 4.64. The van der Waals surface area contributed by atoms with Gasteiger partial charge in [0.05, 0.1) is 30.9 Å². The number of nitrogens with zero attached hydrogens (tertiary/aromatic N) is 2. The van der Waals surface area contributed by atoms with Crippen LogP contribution in [-0.4, -0.2) is 92.5 Å². The fourth-order valence-electron chi connectivity index (χ4n) is 6.04. The van der Waals surface area contributed by atoms with E-state index in [9.17, 15) is 27.6 Å². The van der Waals surface area contributed by atoms with Crippen LogP contribution in [0.2, 0.25) is 0 Å². The first kappa shape index (κ1) is 36.9. The smallest absolute Gasteiger partial charge is 0.491 e. The molecule has 1 saturated heterocycles. The van der Waals surface area contributed by atoms with Crippen LogP contribution in [0.25, 0.3) is 0 Å². The second-order valence-electron chi connectivity index (χ2n) is 12.3. The number of alkyl halides is 3. The van der Waals surface area contributed by atoms with Gasteiger partial charge in [0.15, 0.2) is 11.5 Å². The first-order valence-corrected chi connectivity index (χ1v) is 16.3. The lowest BCUT2D eigenvalue weighted by atomic mass is 9.95. The molecule has 2 aliphatic rings. The van der Waals surface area contributed by atoms with Crippen molar-refractivity contribution < 1.29 is 46.5 Å². The summed E-state index contributed by atoms with van der Waals surface area (Å²) in [6.07, 6.45) is 0.798. The van der Waals surface area contributed by atoms with Crippen molar-refractivity contribution in [3.05, 3.63) is 47.8 Å². The van der Waals surface area contributed by atoms with Crippen molar-refractivity contribution in [2.45, 2.75) is 82.6 Å². The molecule has 264 valence electrons. The van der Waals surface area contributed by atoms with Crippen LogP contribution in [-0.2, 0) is 14.3 Å². The minimum Gasteiger partial charge on any atom is -0.493 e. The van der Waals surface area contributed by atoms with E-state index in [4.69, 9.17) is 18.9 Å². The molecule has 1 aliphatic heterocycles. The van der Waals surface area contributed by atoms with Crippen molar-refractivity contribution in [1.29, 1.82) is 0 Å². The van der Waals surface area contributed by atoms with Crippen molar-refractivity contribution in [3.8, 4) is 17.2 Å². The summed E-state index contributed by atoms with van der Waals surface area (Å²) in [6, 6.07) is 7.73. The van der Waals surface area contributed by atoms with Crippen molar-refractivity contribution >= 4 is 17.8 Å². The average Bonchev–Trinajstić information content (AvgIpc) is 3.89. The van der Waals surface area contributed by atoms with Gasteiger partial charge >= 0.3 is 12.1 Å². The molecule has 0 spiro atoms. The summed E-state index contributed by atoms with van der Waals surface area (Å²) >= 11 is 0. The number of aromatic nitrogens is 1. The van der Waals surface area contributed by atoms with Crippen molar-refractivity contribution in [1.82, 2.24) is 20.5 Å². The summed E-state index contributed by atoms with van der Waals surface area (Å²) in [5, 5.41) is 6.54. The molecule has 2 aromatic rings. The van der Waals surface area contributed by atoms with Gasteiger partial charge in [0, 0.05) is 57.5 Å². The number of carbonyl (C=O) groups is 3. The molecule has 14 heteroatoms. The third-order valence-corrected chi connectivity index (χ3v) is 8.54. The third kappa shape index (κ3) is 9.59. The molecule has 48 heavy (non-hydrogen) atoms. The Morgan fingerprint density at radius 3 is 2.40 bits per heavy atom. The molecule has 1 aromatic heterocycles. The molecule has 2 N–H and O–H groups in total. The highest BCUT2D eigenvalue weighted by Gasteiger charge is 2.44. The van der Waals surface area contributed by atoms with Crippen LogP contribution in [0, 0.1) is 5.92 Å². The number of hydrogen-bond acceptors (Lipinski definition) is 9. The fourth-order valence-corrected chi connectivity index (χ4v) is 6.04. The molecular formula is C34H45F3N4O7. The fraction of sp³-hybridized carbons (Fsp3) is 0.588. The minimum atomic E-state index is -5.31. The Labute approximate surface area is 278 Å². The maximum atomic E-state index is 14.1. The molecule has 2 fully saturated rings. The zero-order valence-electron chi connectivity index (χ0n) is 27.8. The number of piperidine rings is 1. The molecule has 2 heterocycles. The number of nitrogens with one attached hydrogen (secondary N) is 2. The Morgan fingerprint density at radius 2 is 1.81 bits per heavy atom. The standard InChI is InChI=1S/C34H45F3N4O7/c1-21(2)41(24-12-11-23(40-20-24)15-17-39-31(42)28(22-9-10-22)26-8-5-6-16-38-26)32(43)25-13-14-27(46-4)30(47-19-7-18-45-3)29(25)48-33(44)34(35,36)37/h5-6,8,13-14,16,21-24,28,40H,7,9-12,15,17-20H2,1-4H3,(H,39,42)/t23-,24-,28-/m1/s1. The van der Waals surface area contributed by atoms with Gasteiger partial charge in [-0.3, -0.25) is 14.6 Å². The SMILES string of the molecule is COCCCOc1c(OC)ccc(C(=O)N(C(C)C)[C@@H]2CC[C@H](CCNC(=O)[C@@H](c3ccccn3)C3CC3)NC2)c1OC(=O)C(F)(F)F. The molecular weight excluding hydrogens is 633 g/mol. The molecule has 2 amide bonds. The molecule has 11 nitrogen and oxygen atoms in total. The van der Waals surface area contributed by atoms with Gasteiger partial charge in [0.25, 0.3) is 5.91 Å². The minimum absolute atomic E-state index is 0.00258. The highest BCUT2D eigenvalue weighted by molar-refractivity contribution is 6.00. The summed E-state index contributed by atoms with van der Waals surface area (Å²) in [5.41, 5.74) is 0.527. The van der Waals surface area contributed by atoms with Crippen molar-refractivity contribution in [2.75, 3.05) is 40.5 Å². The van der Waals surface area contributed by atoms with E-state index in [1.807, 2.05) is 32.0 Å². The topological polar surface area (TPSA) is 128 Å². The Morgan fingerprint density at radius 1 is 1.04 bits per heavy atom. The van der Waals surface area contributed by atoms with Crippen LogP contribution in [0.3, 0.4) is 0 Å². The molecule has 0 unspecified atom stereocenters. The van der Waals surface area contributed by atoms with E-state index < -0.39 is 23.8 Å². The Bertz CT molecular complexity index is 1380. The summed E-state index contributed by atoms with van der Waals surface area (Å²) in [5.74, 6) is -4.00. The maximum Gasteiger partial charge on any atom is 0.491 e. The van der Waals surface area contributed by atoms with E-state index in [0.29, 0.717) is 51.3 Å². The molecule has 4 rings (SSSR count). The van der Waals surface area contributed by atoms with E-state index in [1.54, 1.807) is 11.1 Å². The van der Waals surface area contributed by atoms with Crippen LogP contribution >= 0.6 is 0 Å². The highest BCUT2D eigenvalue weighted by atomic mass is 19.4. The molecule has 1 aliphatic carbocycles. The van der Waals surface area contributed by atoms with Gasteiger partial charge in [-0.25, -0.2) is 4.79 Å². The first-order chi connectivity index (χ1) is 23.0. The molecule has 0 bridgehead atoms. The number of hydrogen-bond donors (Lipinski definition) is 2. The number of amides is 2. The molecule has 1 saturated carbocycles. The summed E-state index contributed by atoms with van der Waals surface area (Å²) in [4.78, 5) is 45.2. The van der Waals surface area contributed by atoms with E-state index in [1.165, 1.54) is 26.4 Å². The second-order valence-corrected chi connectivity index (χ2v) is 12.3. The number of ether oxygens (including phenoxy) is 4. The lowest BCUT2D eigenvalue weighted by Gasteiger charge is -2.40. The number of benzene rings is 1. The first-order valence-electron chi connectivity index (χ1n) is 16.3. The van der Waals surface area contributed by atoms with E-state index in [-0.39, 0.29) is 53.6 Å². The number of methoxy groups -OCH3 is 2. The number of halogens is 3. The highest BCUT2D eigenvalue weighted by Crippen LogP contribution is 2.43. The van der Waals surface area contributed by atoms with E-state index >= 15 is 0 Å². The molecule has 1 aromatic carbocycles. The van der Waals surface area contributed by atoms with Crippen LogP contribution < -0.4 is 24.8 Å². The van der Waals surface area contributed by atoms with Gasteiger partial charge in [0.1, 0.15) is 0 Å². The summed E-state index contributed by atoms with van der Waals surface area (Å²) < 4.78 is 60.9. The number of pyridine rings is 1. The van der Waals surface area contributed by atoms with E-state index in [0.717, 1.165) is 18.5 Å². The monoisotopic (exact) mass is 678 g/mol. The lowest BCUT2D eigenvalue weighted by molar-refractivity contribution is -0.189. The maximum absolute atomic E-state index is 14.1. The Kier molecular flexibility index (Phi) is 13.0. The predicted molar refractivity (Wildman–Crippen MR) is 170 cm³/mol. The van der Waals surface area contributed by atoms with Crippen molar-refractivity contribution in [2.24, 2.45) is 5.92 Å². The van der Waals surface area contributed by atoms with Gasteiger partial charge in [-0.05, 0) is 76.1 Å². The van der Waals surface area contributed by atoms with Crippen LogP contribution in [0.15, 0.2) is 36.5 Å². The normalized spacial score (nSPS) is 18.6. The number of esters is 1. The van der Waals surface area contributed by atoms with Gasteiger partial charge in [-0.15, -0.1) is 0 Å². The van der Waals surface area contributed by atoms with Gasteiger partial charge in [0.2, 0.25) is 11.7 Å². The Hall–Kier alpha value is -3.91. The Balaban J connectivity index is 1.44. The zero-order chi connectivity index (χ0) is 34.8. The number of carbonyl (C=O) groups excluding carboxylic acids is 3. The largest absolute Gasteiger partial charge is 0.493 e. The van der Waals surface area contributed by atoms with Gasteiger partial charge in [-0.1, -0.05) is 6.07 Å².